The van der Waals surface area contributed by atoms with Gasteiger partial charge in [0.05, 0.1) is 11.7 Å². The van der Waals surface area contributed by atoms with Crippen molar-refractivity contribution in [2.24, 2.45) is 0 Å². The number of nitrogens with one attached hydrogen (secondary N) is 1. The van der Waals surface area contributed by atoms with Crippen molar-refractivity contribution in [1.82, 2.24) is 19.9 Å². The van der Waals surface area contributed by atoms with Crippen LogP contribution in [0.2, 0.25) is 0 Å². The highest BCUT2D eigenvalue weighted by Crippen LogP contribution is 2.28. The topological polar surface area (TPSA) is 53.9 Å². The number of anilines is 1. The summed E-state index contributed by atoms with van der Waals surface area (Å²) in [6.07, 6.45) is 5.62. The van der Waals surface area contributed by atoms with Gasteiger partial charge in [-0.15, -0.1) is 0 Å². The molecule has 1 aromatic carbocycles. The normalized spacial score (nSPS) is 15.6. The fraction of sp³-hybridized carbons (Fsp3) is 0.318. The third-order valence-electron chi connectivity index (χ3n) is 5.14. The molecule has 0 bridgehead atoms. The maximum Gasteiger partial charge on any atom is 0.161 e. The monoisotopic (exact) mass is 359 g/mol. The summed E-state index contributed by atoms with van der Waals surface area (Å²) in [5.41, 5.74) is 4.61. The molecule has 138 valence electrons. The van der Waals surface area contributed by atoms with Crippen LogP contribution < -0.4 is 5.32 Å². The summed E-state index contributed by atoms with van der Waals surface area (Å²) in [6, 6.07) is 14.4. The van der Waals surface area contributed by atoms with Gasteiger partial charge in [-0.3, -0.25) is 4.98 Å². The molecule has 0 spiro atoms. The molecule has 1 aliphatic rings. The van der Waals surface area contributed by atoms with E-state index in [4.69, 9.17) is 9.97 Å². The van der Waals surface area contributed by atoms with Crippen molar-refractivity contribution in [3.8, 4) is 11.4 Å². The Morgan fingerprint density at radius 1 is 1.00 bits per heavy atom. The molecule has 0 amide bonds. The maximum atomic E-state index is 4.93. The SMILES string of the molecule is C[C@@H](Nc1nc(-c2ccccc2)nc2c1CCN(C)CC2)c1cccnc1. The lowest BCUT2D eigenvalue weighted by atomic mass is 10.1. The summed E-state index contributed by atoms with van der Waals surface area (Å²) < 4.78 is 0. The first kappa shape index (κ1) is 17.6. The van der Waals surface area contributed by atoms with E-state index in [0.717, 1.165) is 54.4 Å². The van der Waals surface area contributed by atoms with Gasteiger partial charge in [0.2, 0.25) is 0 Å². The molecule has 1 atom stereocenters. The van der Waals surface area contributed by atoms with Gasteiger partial charge in [0.25, 0.3) is 0 Å². The van der Waals surface area contributed by atoms with Gasteiger partial charge in [-0.1, -0.05) is 36.4 Å². The molecule has 0 saturated carbocycles. The van der Waals surface area contributed by atoms with Gasteiger partial charge in [0.15, 0.2) is 5.82 Å². The van der Waals surface area contributed by atoms with Crippen LogP contribution in [0.4, 0.5) is 5.82 Å². The lowest BCUT2D eigenvalue weighted by molar-refractivity contribution is 0.352. The highest BCUT2D eigenvalue weighted by Gasteiger charge is 2.20. The molecule has 0 saturated heterocycles. The second kappa shape index (κ2) is 7.84. The molecular weight excluding hydrogens is 334 g/mol. The van der Waals surface area contributed by atoms with E-state index < -0.39 is 0 Å². The molecule has 4 rings (SSSR count). The Morgan fingerprint density at radius 3 is 2.59 bits per heavy atom. The van der Waals surface area contributed by atoms with Gasteiger partial charge >= 0.3 is 0 Å². The van der Waals surface area contributed by atoms with Crippen LogP contribution in [0.25, 0.3) is 11.4 Å². The summed E-state index contributed by atoms with van der Waals surface area (Å²) in [5.74, 6) is 1.74. The quantitative estimate of drug-likeness (QED) is 0.769. The van der Waals surface area contributed by atoms with Crippen molar-refractivity contribution in [3.05, 3.63) is 71.7 Å². The first-order chi connectivity index (χ1) is 13.2. The number of rotatable bonds is 4. The van der Waals surface area contributed by atoms with E-state index in [9.17, 15) is 0 Å². The fourth-order valence-electron chi connectivity index (χ4n) is 3.47. The number of aromatic nitrogens is 3. The van der Waals surface area contributed by atoms with Gasteiger partial charge in [-0.05, 0) is 32.0 Å². The third kappa shape index (κ3) is 3.98. The van der Waals surface area contributed by atoms with Crippen LogP contribution >= 0.6 is 0 Å². The predicted octanol–water partition coefficient (Wildman–Crippen LogP) is 3.74. The van der Waals surface area contributed by atoms with Gasteiger partial charge < -0.3 is 10.2 Å². The fourth-order valence-corrected chi connectivity index (χ4v) is 3.47. The molecule has 0 fully saturated rings. The minimum atomic E-state index is 0.127. The summed E-state index contributed by atoms with van der Waals surface area (Å²) in [5, 5.41) is 3.63. The van der Waals surface area contributed by atoms with Crippen LogP contribution in [0.3, 0.4) is 0 Å². The standard InChI is InChI=1S/C22H25N5/c1-16(18-9-6-12-23-15-18)24-22-19-10-13-27(2)14-11-20(19)25-21(26-22)17-7-4-3-5-8-17/h3-9,12,15-16H,10-11,13-14H2,1-2H3,(H,24,25,26)/t16-/m1/s1. The van der Waals surface area contributed by atoms with Crippen LogP contribution in [0.5, 0.6) is 0 Å². The first-order valence-corrected chi connectivity index (χ1v) is 9.51. The molecular formula is C22H25N5. The molecule has 5 heteroatoms. The van der Waals surface area contributed by atoms with Crippen molar-refractivity contribution in [3.63, 3.8) is 0 Å². The molecule has 1 aliphatic heterocycles. The molecule has 0 unspecified atom stereocenters. The molecule has 2 aromatic heterocycles. The van der Waals surface area contributed by atoms with Crippen LogP contribution in [-0.2, 0) is 12.8 Å². The molecule has 1 N–H and O–H groups in total. The Hall–Kier alpha value is -2.79. The summed E-state index contributed by atoms with van der Waals surface area (Å²) in [7, 11) is 2.17. The molecule has 27 heavy (non-hydrogen) atoms. The van der Waals surface area contributed by atoms with E-state index >= 15 is 0 Å². The number of benzene rings is 1. The predicted molar refractivity (Wildman–Crippen MR) is 109 cm³/mol. The maximum absolute atomic E-state index is 4.93. The van der Waals surface area contributed by atoms with Gasteiger partial charge in [0.1, 0.15) is 5.82 Å². The van der Waals surface area contributed by atoms with Crippen molar-refractivity contribution in [2.45, 2.75) is 25.8 Å². The van der Waals surface area contributed by atoms with Crippen LogP contribution in [0.1, 0.15) is 29.8 Å². The zero-order valence-corrected chi connectivity index (χ0v) is 15.9. The summed E-state index contributed by atoms with van der Waals surface area (Å²) in [4.78, 5) is 16.5. The lowest BCUT2D eigenvalue weighted by Gasteiger charge is -2.19. The molecule has 3 aromatic rings. The smallest absolute Gasteiger partial charge is 0.161 e. The van der Waals surface area contributed by atoms with Gasteiger partial charge in [-0.25, -0.2) is 9.97 Å². The Balaban J connectivity index is 1.74. The zero-order valence-electron chi connectivity index (χ0n) is 15.9. The summed E-state index contributed by atoms with van der Waals surface area (Å²) in [6.45, 7) is 4.20. The van der Waals surface area contributed by atoms with Crippen molar-refractivity contribution < 1.29 is 0 Å². The average Bonchev–Trinajstić information content (AvgIpc) is 2.91. The van der Waals surface area contributed by atoms with Crippen LogP contribution in [0, 0.1) is 0 Å². The summed E-state index contributed by atoms with van der Waals surface area (Å²) >= 11 is 0. The average molecular weight is 359 g/mol. The number of nitrogens with zero attached hydrogens (tertiary/aromatic N) is 4. The number of hydrogen-bond acceptors (Lipinski definition) is 5. The first-order valence-electron chi connectivity index (χ1n) is 9.51. The van der Waals surface area contributed by atoms with Crippen LogP contribution in [0.15, 0.2) is 54.9 Å². The second-order valence-corrected chi connectivity index (χ2v) is 7.14. The molecule has 0 aliphatic carbocycles. The highest BCUT2D eigenvalue weighted by molar-refractivity contribution is 5.60. The van der Waals surface area contributed by atoms with Gasteiger partial charge in [0, 0.05) is 43.0 Å². The van der Waals surface area contributed by atoms with Gasteiger partial charge in [-0.2, -0.15) is 0 Å². The molecule has 3 heterocycles. The van der Waals surface area contributed by atoms with E-state index in [1.54, 1.807) is 6.20 Å². The van der Waals surface area contributed by atoms with E-state index in [1.807, 2.05) is 30.5 Å². The Morgan fingerprint density at radius 2 is 1.81 bits per heavy atom. The minimum Gasteiger partial charge on any atom is -0.363 e. The third-order valence-corrected chi connectivity index (χ3v) is 5.14. The Labute approximate surface area is 160 Å². The van der Waals surface area contributed by atoms with Crippen molar-refractivity contribution >= 4 is 5.82 Å². The van der Waals surface area contributed by atoms with Crippen molar-refractivity contribution in [1.29, 1.82) is 0 Å². The van der Waals surface area contributed by atoms with E-state index in [-0.39, 0.29) is 6.04 Å². The molecule has 5 nitrogen and oxygen atoms in total. The van der Waals surface area contributed by atoms with Crippen molar-refractivity contribution in [2.75, 3.05) is 25.5 Å². The van der Waals surface area contributed by atoms with E-state index in [0.29, 0.717) is 0 Å². The number of fused-ring (bicyclic) bond motifs is 1. The Kier molecular flexibility index (Phi) is 5.12. The Bertz CT molecular complexity index is 895. The largest absolute Gasteiger partial charge is 0.363 e. The zero-order chi connectivity index (χ0) is 18.6. The minimum absolute atomic E-state index is 0.127. The van der Waals surface area contributed by atoms with E-state index in [1.165, 1.54) is 5.56 Å². The number of hydrogen-bond donors (Lipinski definition) is 1. The second-order valence-electron chi connectivity index (χ2n) is 7.14. The highest BCUT2D eigenvalue weighted by atomic mass is 15.1. The number of likely N-dealkylation sites (N-methyl/N-ethyl adjacent to an activating group) is 1. The van der Waals surface area contributed by atoms with E-state index in [2.05, 4.69) is 47.4 Å². The van der Waals surface area contributed by atoms with Crippen LogP contribution in [-0.4, -0.2) is 40.0 Å². The number of pyridine rings is 1. The lowest BCUT2D eigenvalue weighted by Crippen LogP contribution is -2.20. The molecule has 0 radical (unpaired) electrons.